The Kier molecular flexibility index (Phi) is 2.10. The number of nitrogens with one attached hydrogen (secondary N) is 1. The number of hydrogen-bond donors (Lipinski definition) is 2. The number of nitrogens with zero attached hydrogens (tertiary/aromatic N) is 1. The van der Waals surface area contributed by atoms with Gasteiger partial charge in [0.25, 0.3) is 0 Å². The fourth-order valence-corrected chi connectivity index (χ4v) is 1.49. The standard InChI is InChI=1S/C10H10N2O2/c1-14-9-4-2-3-8-7(6-12-13)5-11-10(8)9/h2-6,11,13H,1H3/b12-6+. The lowest BCUT2D eigenvalue weighted by molar-refractivity contribution is 0.322. The number of aromatic nitrogens is 1. The van der Waals surface area contributed by atoms with Gasteiger partial charge in [0, 0.05) is 17.1 Å². The molecule has 0 amide bonds. The van der Waals surface area contributed by atoms with Crippen molar-refractivity contribution in [2.24, 2.45) is 5.16 Å². The molecule has 4 heteroatoms. The van der Waals surface area contributed by atoms with Crippen LogP contribution in [0, 0.1) is 0 Å². The highest BCUT2D eigenvalue weighted by Crippen LogP contribution is 2.25. The van der Waals surface area contributed by atoms with Gasteiger partial charge in [-0.1, -0.05) is 17.3 Å². The molecular formula is C10H10N2O2. The van der Waals surface area contributed by atoms with E-state index in [0.717, 1.165) is 22.2 Å². The van der Waals surface area contributed by atoms with E-state index in [4.69, 9.17) is 9.94 Å². The first-order valence-electron chi connectivity index (χ1n) is 4.18. The number of benzene rings is 1. The van der Waals surface area contributed by atoms with E-state index in [-0.39, 0.29) is 0 Å². The lowest BCUT2D eigenvalue weighted by Gasteiger charge is -2.00. The normalized spacial score (nSPS) is 11.2. The Hall–Kier alpha value is -1.97. The molecule has 72 valence electrons. The Morgan fingerprint density at radius 1 is 1.50 bits per heavy atom. The summed E-state index contributed by atoms with van der Waals surface area (Å²) in [6.45, 7) is 0. The van der Waals surface area contributed by atoms with E-state index in [9.17, 15) is 0 Å². The van der Waals surface area contributed by atoms with Crippen LogP contribution in [-0.2, 0) is 0 Å². The zero-order valence-electron chi connectivity index (χ0n) is 7.69. The topological polar surface area (TPSA) is 57.6 Å². The molecule has 0 radical (unpaired) electrons. The second-order valence-electron chi connectivity index (χ2n) is 2.87. The fourth-order valence-electron chi connectivity index (χ4n) is 1.49. The van der Waals surface area contributed by atoms with Gasteiger partial charge in [-0.05, 0) is 6.07 Å². The zero-order valence-corrected chi connectivity index (χ0v) is 7.69. The minimum Gasteiger partial charge on any atom is -0.495 e. The van der Waals surface area contributed by atoms with Crippen molar-refractivity contribution in [1.29, 1.82) is 0 Å². The van der Waals surface area contributed by atoms with Crippen LogP contribution in [0.4, 0.5) is 0 Å². The van der Waals surface area contributed by atoms with Gasteiger partial charge in [-0.25, -0.2) is 0 Å². The molecule has 0 spiro atoms. The number of ether oxygens (including phenoxy) is 1. The quantitative estimate of drug-likeness (QED) is 0.432. The van der Waals surface area contributed by atoms with Crippen LogP contribution in [0.2, 0.25) is 0 Å². The van der Waals surface area contributed by atoms with Gasteiger partial charge in [-0.2, -0.15) is 0 Å². The molecule has 1 heterocycles. The van der Waals surface area contributed by atoms with E-state index >= 15 is 0 Å². The first kappa shape index (κ1) is 8.62. The Bertz CT molecular complexity index is 474. The van der Waals surface area contributed by atoms with Crippen molar-refractivity contribution in [2.45, 2.75) is 0 Å². The van der Waals surface area contributed by atoms with E-state index in [2.05, 4.69) is 10.1 Å². The molecule has 0 aliphatic carbocycles. The summed E-state index contributed by atoms with van der Waals surface area (Å²) < 4.78 is 5.18. The van der Waals surface area contributed by atoms with E-state index < -0.39 is 0 Å². The third-order valence-electron chi connectivity index (χ3n) is 2.13. The number of methoxy groups -OCH3 is 1. The van der Waals surface area contributed by atoms with E-state index in [1.54, 1.807) is 13.3 Å². The maximum absolute atomic E-state index is 8.45. The summed E-state index contributed by atoms with van der Waals surface area (Å²) in [7, 11) is 1.62. The van der Waals surface area contributed by atoms with Crippen LogP contribution in [0.15, 0.2) is 29.6 Å². The number of rotatable bonds is 2. The average Bonchev–Trinajstić information content (AvgIpc) is 2.62. The van der Waals surface area contributed by atoms with Crippen molar-refractivity contribution in [3.8, 4) is 5.75 Å². The average molecular weight is 190 g/mol. The highest BCUT2D eigenvalue weighted by molar-refractivity contribution is 6.00. The number of H-pyrrole nitrogens is 1. The van der Waals surface area contributed by atoms with Crippen LogP contribution < -0.4 is 4.74 Å². The van der Waals surface area contributed by atoms with Gasteiger partial charge in [0.1, 0.15) is 5.75 Å². The predicted octanol–water partition coefficient (Wildman–Crippen LogP) is 1.98. The summed E-state index contributed by atoms with van der Waals surface area (Å²) in [4.78, 5) is 3.07. The summed E-state index contributed by atoms with van der Waals surface area (Å²) in [6, 6.07) is 5.70. The molecule has 1 aromatic carbocycles. The molecule has 2 N–H and O–H groups in total. The van der Waals surface area contributed by atoms with Gasteiger partial charge in [-0.15, -0.1) is 0 Å². The first-order valence-corrected chi connectivity index (χ1v) is 4.18. The third-order valence-corrected chi connectivity index (χ3v) is 2.13. The second-order valence-corrected chi connectivity index (χ2v) is 2.87. The van der Waals surface area contributed by atoms with Gasteiger partial charge >= 0.3 is 0 Å². The van der Waals surface area contributed by atoms with Gasteiger partial charge in [0.2, 0.25) is 0 Å². The molecule has 0 unspecified atom stereocenters. The minimum atomic E-state index is 0.778. The molecule has 0 bridgehead atoms. The second kappa shape index (κ2) is 3.41. The summed E-state index contributed by atoms with van der Waals surface area (Å²) >= 11 is 0. The van der Waals surface area contributed by atoms with Crippen molar-refractivity contribution >= 4 is 17.1 Å². The SMILES string of the molecule is COc1cccc2c(/C=N/O)c[nH]c12. The Balaban J connectivity index is 2.69. The van der Waals surface area contributed by atoms with Crippen molar-refractivity contribution in [3.63, 3.8) is 0 Å². The molecule has 0 fully saturated rings. The molecule has 2 aromatic rings. The Labute approximate surface area is 80.8 Å². The van der Waals surface area contributed by atoms with Crippen LogP contribution in [-0.4, -0.2) is 23.5 Å². The smallest absolute Gasteiger partial charge is 0.142 e. The highest BCUT2D eigenvalue weighted by Gasteiger charge is 2.05. The number of fused-ring (bicyclic) bond motifs is 1. The van der Waals surface area contributed by atoms with Crippen molar-refractivity contribution in [2.75, 3.05) is 7.11 Å². The fraction of sp³-hybridized carbons (Fsp3) is 0.100. The van der Waals surface area contributed by atoms with Gasteiger partial charge in [-0.3, -0.25) is 0 Å². The molecule has 1 aromatic heterocycles. The predicted molar refractivity (Wildman–Crippen MR) is 54.2 cm³/mol. The Morgan fingerprint density at radius 3 is 3.07 bits per heavy atom. The van der Waals surface area contributed by atoms with Gasteiger partial charge in [0.05, 0.1) is 18.8 Å². The van der Waals surface area contributed by atoms with E-state index in [1.165, 1.54) is 6.21 Å². The summed E-state index contributed by atoms with van der Waals surface area (Å²) in [5.41, 5.74) is 1.74. The summed E-state index contributed by atoms with van der Waals surface area (Å²) in [6.07, 6.45) is 3.16. The van der Waals surface area contributed by atoms with Crippen LogP contribution in [0.3, 0.4) is 0 Å². The lowest BCUT2D eigenvalue weighted by atomic mass is 10.2. The van der Waals surface area contributed by atoms with Crippen molar-refractivity contribution in [1.82, 2.24) is 4.98 Å². The lowest BCUT2D eigenvalue weighted by Crippen LogP contribution is -1.83. The maximum Gasteiger partial charge on any atom is 0.142 e. The van der Waals surface area contributed by atoms with Gasteiger partial charge in [0.15, 0.2) is 0 Å². The first-order chi connectivity index (χ1) is 6.86. The van der Waals surface area contributed by atoms with E-state index in [1.807, 2.05) is 18.2 Å². The highest BCUT2D eigenvalue weighted by atomic mass is 16.5. The van der Waals surface area contributed by atoms with Crippen LogP contribution in [0.1, 0.15) is 5.56 Å². The molecule has 0 saturated carbocycles. The van der Waals surface area contributed by atoms with Crippen LogP contribution >= 0.6 is 0 Å². The molecular weight excluding hydrogens is 180 g/mol. The molecule has 0 saturated heterocycles. The molecule has 0 aliphatic heterocycles. The number of hydrogen-bond acceptors (Lipinski definition) is 3. The number of aromatic amines is 1. The monoisotopic (exact) mass is 190 g/mol. The van der Waals surface area contributed by atoms with E-state index in [0.29, 0.717) is 0 Å². The number of para-hydroxylation sites is 1. The molecule has 0 aliphatic rings. The molecule has 2 rings (SSSR count). The molecule has 0 atom stereocenters. The van der Waals surface area contributed by atoms with Crippen molar-refractivity contribution in [3.05, 3.63) is 30.0 Å². The minimum absolute atomic E-state index is 0.778. The van der Waals surface area contributed by atoms with Crippen LogP contribution in [0.25, 0.3) is 10.9 Å². The number of oxime groups is 1. The third kappa shape index (κ3) is 1.21. The Morgan fingerprint density at radius 2 is 2.36 bits per heavy atom. The summed E-state index contributed by atoms with van der Waals surface area (Å²) in [5.74, 6) is 0.778. The van der Waals surface area contributed by atoms with Gasteiger partial charge < -0.3 is 14.9 Å². The van der Waals surface area contributed by atoms with Crippen molar-refractivity contribution < 1.29 is 9.94 Å². The molecule has 14 heavy (non-hydrogen) atoms. The molecule has 4 nitrogen and oxygen atoms in total. The maximum atomic E-state index is 8.45. The summed E-state index contributed by atoms with van der Waals surface area (Å²) in [5, 5.41) is 12.4. The van der Waals surface area contributed by atoms with Crippen LogP contribution in [0.5, 0.6) is 5.75 Å². The largest absolute Gasteiger partial charge is 0.495 e. The zero-order chi connectivity index (χ0) is 9.97.